The molecule has 2 rings (SSSR count). The van der Waals surface area contributed by atoms with Crippen LogP contribution < -0.4 is 5.73 Å². The van der Waals surface area contributed by atoms with E-state index >= 15 is 0 Å². The Balaban J connectivity index is 2.51. The number of aryl methyl sites for hydroxylation is 1. The fourth-order valence-electron chi connectivity index (χ4n) is 1.89. The lowest BCUT2D eigenvalue weighted by atomic mass is 10.0. The van der Waals surface area contributed by atoms with Crippen LogP contribution in [0.15, 0.2) is 24.3 Å². The molecule has 0 spiro atoms. The number of rotatable bonds is 2. The van der Waals surface area contributed by atoms with Crippen molar-refractivity contribution in [1.29, 1.82) is 0 Å². The maximum atomic E-state index is 5.78. The van der Waals surface area contributed by atoms with E-state index in [4.69, 9.17) is 18.0 Å². The number of nitrogens with zero attached hydrogens (tertiary/aromatic N) is 2. The van der Waals surface area contributed by atoms with E-state index in [1.165, 1.54) is 11.1 Å². The molecule has 84 valence electrons. The Bertz CT molecular complexity index is 555. The number of nitrogens with one attached hydrogen (secondary N) is 1. The number of nitrogen functional groups attached to an aromatic ring is 1. The van der Waals surface area contributed by atoms with Crippen molar-refractivity contribution in [2.24, 2.45) is 0 Å². The number of aromatic nitrogens is 3. The second-order valence-corrected chi connectivity index (χ2v) is 4.18. The summed E-state index contributed by atoms with van der Waals surface area (Å²) in [5, 5.41) is 6.61. The lowest BCUT2D eigenvalue weighted by Gasteiger charge is -2.16. The Kier molecular flexibility index (Phi) is 2.78. The van der Waals surface area contributed by atoms with Gasteiger partial charge in [-0.15, -0.1) is 5.10 Å². The van der Waals surface area contributed by atoms with E-state index in [0.717, 1.165) is 0 Å². The number of nitrogens with two attached hydrogens (primary N) is 1. The smallest absolute Gasteiger partial charge is 0.221 e. The molecule has 1 aromatic heterocycles. The zero-order valence-electron chi connectivity index (χ0n) is 9.27. The molecule has 0 bridgehead atoms. The van der Waals surface area contributed by atoms with Crippen LogP contribution in [0.3, 0.4) is 0 Å². The van der Waals surface area contributed by atoms with Crippen molar-refractivity contribution in [3.63, 3.8) is 0 Å². The van der Waals surface area contributed by atoms with Crippen molar-refractivity contribution >= 4 is 18.2 Å². The van der Waals surface area contributed by atoms with E-state index < -0.39 is 0 Å². The van der Waals surface area contributed by atoms with Gasteiger partial charge in [0, 0.05) is 0 Å². The summed E-state index contributed by atoms with van der Waals surface area (Å²) in [6.07, 6.45) is 0. The minimum atomic E-state index is 0.0902. The first kappa shape index (κ1) is 10.9. The SMILES string of the molecule is Cc1ccccc1C(C)n1c(N)n[nH]c1=S. The maximum absolute atomic E-state index is 5.78. The van der Waals surface area contributed by atoms with Gasteiger partial charge in [-0.3, -0.25) is 4.57 Å². The summed E-state index contributed by atoms with van der Waals surface area (Å²) in [5.41, 5.74) is 8.20. The number of anilines is 1. The van der Waals surface area contributed by atoms with Crippen molar-refractivity contribution in [3.05, 3.63) is 40.2 Å². The molecule has 1 unspecified atom stereocenters. The summed E-state index contributed by atoms with van der Waals surface area (Å²) in [7, 11) is 0. The molecule has 16 heavy (non-hydrogen) atoms. The van der Waals surface area contributed by atoms with Crippen molar-refractivity contribution in [3.8, 4) is 0 Å². The first-order chi connectivity index (χ1) is 7.61. The number of H-pyrrole nitrogens is 1. The molecule has 0 aliphatic rings. The maximum Gasteiger partial charge on any atom is 0.221 e. The molecule has 0 aliphatic heterocycles. The summed E-state index contributed by atoms with van der Waals surface area (Å²) >= 11 is 5.16. The molecule has 0 radical (unpaired) electrons. The van der Waals surface area contributed by atoms with Gasteiger partial charge in [0.2, 0.25) is 5.95 Å². The molecule has 0 aliphatic carbocycles. The van der Waals surface area contributed by atoms with Gasteiger partial charge < -0.3 is 5.73 Å². The number of hydrogen-bond donors (Lipinski definition) is 2. The molecule has 3 N–H and O–H groups in total. The molecule has 1 atom stereocenters. The summed E-state index contributed by atoms with van der Waals surface area (Å²) in [5.74, 6) is 0.417. The monoisotopic (exact) mass is 234 g/mol. The Morgan fingerprint density at radius 2 is 2.12 bits per heavy atom. The zero-order valence-corrected chi connectivity index (χ0v) is 10.1. The number of benzene rings is 1. The second kappa shape index (κ2) is 4.09. The van der Waals surface area contributed by atoms with Crippen LogP contribution in [0.5, 0.6) is 0 Å². The lowest BCUT2D eigenvalue weighted by Crippen LogP contribution is -2.11. The molecule has 0 amide bonds. The van der Waals surface area contributed by atoms with Gasteiger partial charge in [0.15, 0.2) is 4.77 Å². The summed E-state index contributed by atoms with van der Waals surface area (Å²) in [6, 6.07) is 8.27. The third kappa shape index (κ3) is 1.74. The molecule has 0 saturated carbocycles. The lowest BCUT2D eigenvalue weighted by molar-refractivity contribution is 0.634. The Labute approximate surface area is 99.1 Å². The average molecular weight is 234 g/mol. The van der Waals surface area contributed by atoms with Gasteiger partial charge in [0.25, 0.3) is 0 Å². The Morgan fingerprint density at radius 3 is 2.69 bits per heavy atom. The normalized spacial score (nSPS) is 12.6. The second-order valence-electron chi connectivity index (χ2n) is 3.79. The minimum absolute atomic E-state index is 0.0902. The van der Waals surface area contributed by atoms with Crippen molar-refractivity contribution in [1.82, 2.24) is 14.8 Å². The van der Waals surface area contributed by atoms with Crippen LogP contribution in [0.1, 0.15) is 24.1 Å². The molecule has 4 nitrogen and oxygen atoms in total. The molecule has 2 aromatic rings. The predicted octanol–water partition coefficient (Wildman–Crippen LogP) is 2.44. The predicted molar refractivity (Wildman–Crippen MR) is 66.8 cm³/mol. The zero-order chi connectivity index (χ0) is 11.7. The molecule has 5 heteroatoms. The third-order valence-corrected chi connectivity index (χ3v) is 3.05. The molecule has 1 aromatic carbocycles. The quantitative estimate of drug-likeness (QED) is 0.785. The highest BCUT2D eigenvalue weighted by atomic mass is 32.1. The largest absolute Gasteiger partial charge is 0.368 e. The van der Waals surface area contributed by atoms with E-state index in [-0.39, 0.29) is 6.04 Å². The molecule has 1 heterocycles. The van der Waals surface area contributed by atoms with Crippen LogP contribution in [-0.4, -0.2) is 14.8 Å². The van der Waals surface area contributed by atoms with Gasteiger partial charge in [-0.25, -0.2) is 5.10 Å². The van der Waals surface area contributed by atoms with E-state index in [2.05, 4.69) is 36.2 Å². The summed E-state index contributed by atoms with van der Waals surface area (Å²) in [6.45, 7) is 4.13. The molecule has 0 saturated heterocycles. The topological polar surface area (TPSA) is 59.6 Å². The first-order valence-electron chi connectivity index (χ1n) is 5.09. The highest BCUT2D eigenvalue weighted by Gasteiger charge is 2.13. The van der Waals surface area contributed by atoms with Crippen molar-refractivity contribution < 1.29 is 0 Å². The van der Waals surface area contributed by atoms with Gasteiger partial charge in [0.05, 0.1) is 6.04 Å². The van der Waals surface area contributed by atoms with Crippen LogP contribution in [0.25, 0.3) is 0 Å². The van der Waals surface area contributed by atoms with Gasteiger partial charge >= 0.3 is 0 Å². The number of hydrogen-bond acceptors (Lipinski definition) is 3. The molecule has 0 fully saturated rings. The van der Waals surface area contributed by atoms with Crippen LogP contribution in [0.2, 0.25) is 0 Å². The van der Waals surface area contributed by atoms with Gasteiger partial charge in [-0.2, -0.15) is 0 Å². The number of aromatic amines is 1. The van der Waals surface area contributed by atoms with Gasteiger partial charge in [-0.05, 0) is 37.2 Å². The highest BCUT2D eigenvalue weighted by molar-refractivity contribution is 7.71. The van der Waals surface area contributed by atoms with Crippen LogP contribution in [0, 0.1) is 11.7 Å². The van der Waals surface area contributed by atoms with Crippen LogP contribution >= 0.6 is 12.2 Å². The Hall–Kier alpha value is -1.62. The minimum Gasteiger partial charge on any atom is -0.368 e. The highest BCUT2D eigenvalue weighted by Crippen LogP contribution is 2.23. The van der Waals surface area contributed by atoms with Crippen molar-refractivity contribution in [2.75, 3.05) is 5.73 Å². The molecular weight excluding hydrogens is 220 g/mol. The summed E-state index contributed by atoms with van der Waals surface area (Å²) < 4.78 is 2.37. The van der Waals surface area contributed by atoms with E-state index in [9.17, 15) is 0 Å². The van der Waals surface area contributed by atoms with Crippen LogP contribution in [-0.2, 0) is 0 Å². The van der Waals surface area contributed by atoms with Crippen molar-refractivity contribution in [2.45, 2.75) is 19.9 Å². The summed E-state index contributed by atoms with van der Waals surface area (Å²) in [4.78, 5) is 0. The Morgan fingerprint density at radius 1 is 1.44 bits per heavy atom. The molecular formula is C11H14N4S. The van der Waals surface area contributed by atoms with E-state index in [1.54, 1.807) is 0 Å². The first-order valence-corrected chi connectivity index (χ1v) is 5.50. The van der Waals surface area contributed by atoms with Crippen LogP contribution in [0.4, 0.5) is 5.95 Å². The van der Waals surface area contributed by atoms with E-state index in [1.807, 2.05) is 16.7 Å². The van der Waals surface area contributed by atoms with E-state index in [0.29, 0.717) is 10.7 Å². The average Bonchev–Trinajstić information content (AvgIpc) is 2.58. The third-order valence-electron chi connectivity index (χ3n) is 2.76. The standard InChI is InChI=1S/C11H14N4S/c1-7-5-3-4-6-9(7)8(2)15-10(12)13-14-11(15)16/h3-6,8H,1-2H3,(H2,12,13)(H,14,16). The fraction of sp³-hybridized carbons (Fsp3) is 0.273. The van der Waals surface area contributed by atoms with Gasteiger partial charge in [-0.1, -0.05) is 24.3 Å². The van der Waals surface area contributed by atoms with Gasteiger partial charge in [0.1, 0.15) is 0 Å². The fourth-order valence-corrected chi connectivity index (χ4v) is 2.18.